The highest BCUT2D eigenvalue weighted by molar-refractivity contribution is 5.93. The van der Waals surface area contributed by atoms with Gasteiger partial charge in [-0.15, -0.1) is 0 Å². The fraction of sp³-hybridized carbons (Fsp3) is 0.286. The van der Waals surface area contributed by atoms with Crippen molar-refractivity contribution < 1.29 is 4.52 Å². The SMILES string of the molecule is CC(C)[C@H](N)c1nc(-c2c[nH]c3ccccc23)no1. The zero-order chi connectivity index (χ0) is 13.4. The summed E-state index contributed by atoms with van der Waals surface area (Å²) in [6, 6.07) is 7.78. The highest BCUT2D eigenvalue weighted by Crippen LogP contribution is 2.27. The third-order valence-corrected chi connectivity index (χ3v) is 3.28. The van der Waals surface area contributed by atoms with E-state index in [1.807, 2.05) is 44.3 Å². The minimum absolute atomic E-state index is 0.230. The van der Waals surface area contributed by atoms with Crippen molar-refractivity contribution in [2.24, 2.45) is 11.7 Å². The van der Waals surface area contributed by atoms with Gasteiger partial charge < -0.3 is 15.2 Å². The van der Waals surface area contributed by atoms with Gasteiger partial charge in [0.1, 0.15) is 0 Å². The van der Waals surface area contributed by atoms with Crippen LogP contribution >= 0.6 is 0 Å². The Balaban J connectivity index is 2.03. The van der Waals surface area contributed by atoms with E-state index in [1.165, 1.54) is 0 Å². The lowest BCUT2D eigenvalue weighted by atomic mass is 10.1. The topological polar surface area (TPSA) is 80.7 Å². The summed E-state index contributed by atoms with van der Waals surface area (Å²) in [4.78, 5) is 7.60. The average Bonchev–Trinajstić information content (AvgIpc) is 3.03. The van der Waals surface area contributed by atoms with Gasteiger partial charge >= 0.3 is 0 Å². The summed E-state index contributed by atoms with van der Waals surface area (Å²) in [6.07, 6.45) is 1.89. The molecule has 3 aromatic rings. The van der Waals surface area contributed by atoms with Gasteiger partial charge in [-0.05, 0) is 12.0 Å². The van der Waals surface area contributed by atoms with Crippen LogP contribution in [0.3, 0.4) is 0 Å². The molecule has 19 heavy (non-hydrogen) atoms. The van der Waals surface area contributed by atoms with Gasteiger partial charge in [0.05, 0.1) is 6.04 Å². The highest BCUT2D eigenvalue weighted by atomic mass is 16.5. The summed E-state index contributed by atoms with van der Waals surface area (Å²) in [6.45, 7) is 4.06. The molecule has 0 bridgehead atoms. The van der Waals surface area contributed by atoms with Crippen molar-refractivity contribution in [1.29, 1.82) is 0 Å². The molecular weight excluding hydrogens is 240 g/mol. The summed E-state index contributed by atoms with van der Waals surface area (Å²) in [5, 5.41) is 5.10. The van der Waals surface area contributed by atoms with E-state index in [4.69, 9.17) is 10.3 Å². The summed E-state index contributed by atoms with van der Waals surface area (Å²) in [5.74, 6) is 1.31. The molecule has 0 fully saturated rings. The lowest BCUT2D eigenvalue weighted by Crippen LogP contribution is -2.16. The van der Waals surface area contributed by atoms with Crippen LogP contribution in [-0.2, 0) is 0 Å². The number of rotatable bonds is 3. The van der Waals surface area contributed by atoms with Crippen molar-refractivity contribution in [2.45, 2.75) is 19.9 Å². The Labute approximate surface area is 110 Å². The minimum Gasteiger partial charge on any atom is -0.360 e. The molecule has 5 heteroatoms. The molecule has 0 radical (unpaired) electrons. The van der Waals surface area contributed by atoms with Crippen molar-refractivity contribution in [3.8, 4) is 11.4 Å². The quantitative estimate of drug-likeness (QED) is 0.755. The van der Waals surface area contributed by atoms with Crippen molar-refractivity contribution in [3.63, 3.8) is 0 Å². The van der Waals surface area contributed by atoms with Crippen LogP contribution in [0.2, 0.25) is 0 Å². The lowest BCUT2D eigenvalue weighted by molar-refractivity contribution is 0.325. The van der Waals surface area contributed by atoms with Gasteiger partial charge in [0.25, 0.3) is 0 Å². The van der Waals surface area contributed by atoms with Crippen molar-refractivity contribution in [1.82, 2.24) is 15.1 Å². The second-order valence-electron chi connectivity index (χ2n) is 4.97. The Hall–Kier alpha value is -2.14. The monoisotopic (exact) mass is 256 g/mol. The molecule has 0 aliphatic heterocycles. The standard InChI is InChI=1S/C14H16N4O/c1-8(2)12(15)14-17-13(18-19-14)10-7-16-11-6-4-3-5-9(10)11/h3-8,12,16H,15H2,1-2H3/t12-/m0/s1. The van der Waals surface area contributed by atoms with Gasteiger partial charge in [0.2, 0.25) is 11.7 Å². The number of benzene rings is 1. The van der Waals surface area contributed by atoms with Crippen LogP contribution in [0.1, 0.15) is 25.8 Å². The van der Waals surface area contributed by atoms with E-state index in [1.54, 1.807) is 0 Å². The highest BCUT2D eigenvalue weighted by Gasteiger charge is 2.19. The molecule has 0 aliphatic rings. The number of nitrogens with two attached hydrogens (primary N) is 1. The third-order valence-electron chi connectivity index (χ3n) is 3.28. The Morgan fingerprint density at radius 1 is 1.26 bits per heavy atom. The van der Waals surface area contributed by atoms with Crippen LogP contribution in [0.5, 0.6) is 0 Å². The maximum atomic E-state index is 6.01. The third kappa shape index (κ3) is 2.02. The molecule has 2 aromatic heterocycles. The summed E-state index contributed by atoms with van der Waals surface area (Å²) in [7, 11) is 0. The molecule has 0 aliphatic carbocycles. The first-order valence-corrected chi connectivity index (χ1v) is 6.32. The largest absolute Gasteiger partial charge is 0.360 e. The van der Waals surface area contributed by atoms with E-state index in [0.29, 0.717) is 11.7 Å². The van der Waals surface area contributed by atoms with Crippen molar-refractivity contribution in [2.75, 3.05) is 0 Å². The van der Waals surface area contributed by atoms with E-state index in [-0.39, 0.29) is 12.0 Å². The fourth-order valence-electron chi connectivity index (χ4n) is 2.02. The van der Waals surface area contributed by atoms with Crippen LogP contribution < -0.4 is 5.73 Å². The zero-order valence-electron chi connectivity index (χ0n) is 10.9. The average molecular weight is 256 g/mol. The second-order valence-corrected chi connectivity index (χ2v) is 4.97. The van der Waals surface area contributed by atoms with E-state index >= 15 is 0 Å². The van der Waals surface area contributed by atoms with Crippen LogP contribution in [-0.4, -0.2) is 15.1 Å². The molecule has 0 unspecified atom stereocenters. The molecule has 98 valence electrons. The predicted octanol–water partition coefficient (Wildman–Crippen LogP) is 2.87. The number of aromatic amines is 1. The minimum atomic E-state index is -0.230. The normalized spacial score (nSPS) is 13.3. The van der Waals surface area contributed by atoms with Gasteiger partial charge in [-0.3, -0.25) is 0 Å². The maximum absolute atomic E-state index is 6.01. The molecule has 0 saturated heterocycles. The molecule has 0 spiro atoms. The van der Waals surface area contributed by atoms with Gasteiger partial charge in [0, 0.05) is 22.7 Å². The Morgan fingerprint density at radius 3 is 2.84 bits per heavy atom. The van der Waals surface area contributed by atoms with E-state index in [2.05, 4.69) is 15.1 Å². The number of H-pyrrole nitrogens is 1. The fourth-order valence-corrected chi connectivity index (χ4v) is 2.02. The molecule has 5 nitrogen and oxygen atoms in total. The summed E-state index contributed by atoms with van der Waals surface area (Å²) >= 11 is 0. The first-order valence-electron chi connectivity index (χ1n) is 6.32. The van der Waals surface area contributed by atoms with Gasteiger partial charge in [-0.25, -0.2) is 0 Å². The Bertz CT molecular complexity index is 698. The number of fused-ring (bicyclic) bond motifs is 1. The van der Waals surface area contributed by atoms with Gasteiger partial charge in [0.15, 0.2) is 0 Å². The number of nitrogens with zero attached hydrogens (tertiary/aromatic N) is 2. The number of hydrogen-bond donors (Lipinski definition) is 2. The molecule has 0 saturated carbocycles. The number of para-hydroxylation sites is 1. The molecule has 1 aromatic carbocycles. The molecule has 3 N–H and O–H groups in total. The van der Waals surface area contributed by atoms with E-state index < -0.39 is 0 Å². The first-order chi connectivity index (χ1) is 9.16. The van der Waals surface area contributed by atoms with Crippen molar-refractivity contribution >= 4 is 10.9 Å². The molecule has 3 rings (SSSR count). The molecule has 2 heterocycles. The second kappa shape index (κ2) is 4.51. The lowest BCUT2D eigenvalue weighted by Gasteiger charge is -2.09. The van der Waals surface area contributed by atoms with Gasteiger partial charge in [-0.2, -0.15) is 4.98 Å². The van der Waals surface area contributed by atoms with Crippen LogP contribution in [0, 0.1) is 5.92 Å². The van der Waals surface area contributed by atoms with Gasteiger partial charge in [-0.1, -0.05) is 37.2 Å². The van der Waals surface area contributed by atoms with E-state index in [0.717, 1.165) is 16.5 Å². The predicted molar refractivity (Wildman–Crippen MR) is 73.4 cm³/mol. The van der Waals surface area contributed by atoms with Crippen molar-refractivity contribution in [3.05, 3.63) is 36.4 Å². The smallest absolute Gasteiger partial charge is 0.244 e. The number of nitrogens with one attached hydrogen (secondary N) is 1. The summed E-state index contributed by atoms with van der Waals surface area (Å²) < 4.78 is 5.26. The van der Waals surface area contributed by atoms with Crippen LogP contribution in [0.15, 0.2) is 35.0 Å². The van der Waals surface area contributed by atoms with Crippen LogP contribution in [0.25, 0.3) is 22.3 Å². The zero-order valence-corrected chi connectivity index (χ0v) is 10.9. The number of hydrogen-bond acceptors (Lipinski definition) is 4. The Kier molecular flexibility index (Phi) is 2.83. The molecule has 0 amide bonds. The first kappa shape index (κ1) is 11.9. The number of aromatic nitrogens is 3. The van der Waals surface area contributed by atoms with Crippen LogP contribution in [0.4, 0.5) is 0 Å². The maximum Gasteiger partial charge on any atom is 0.244 e. The molecule has 1 atom stereocenters. The van der Waals surface area contributed by atoms with E-state index in [9.17, 15) is 0 Å². The Morgan fingerprint density at radius 2 is 2.05 bits per heavy atom. The summed E-state index contributed by atoms with van der Waals surface area (Å²) in [5.41, 5.74) is 8.00. The molecular formula is C14H16N4O.